The van der Waals surface area contributed by atoms with Crippen LogP contribution >= 0.6 is 11.6 Å². The number of aromatic nitrogens is 2. The molecule has 1 aromatic heterocycles. The molecule has 0 amide bonds. The molecule has 1 N–H and O–H groups in total. The number of nitrogens with zero attached hydrogens (tertiary/aromatic N) is 2. The van der Waals surface area contributed by atoms with Crippen LogP contribution < -0.4 is 10.1 Å². The number of halogens is 1. The predicted octanol–water partition coefficient (Wildman–Crippen LogP) is 3.33. The summed E-state index contributed by atoms with van der Waals surface area (Å²) in [5.41, 5.74) is 0.715. The van der Waals surface area contributed by atoms with Gasteiger partial charge in [0, 0.05) is 17.5 Å². The molecule has 0 fully saturated rings. The van der Waals surface area contributed by atoms with E-state index < -0.39 is 0 Å². The standard InChI is InChI=1S/C15H20ClN3O2/c1-9(2)20-13-6-5-11(16)8-12(13)15-18-14(19-21-15)7-10(3)17-4/h5-6,8-10,17H,7H2,1-4H3. The number of ether oxygens (including phenoxy) is 1. The van der Waals surface area contributed by atoms with Gasteiger partial charge in [0.05, 0.1) is 11.7 Å². The molecule has 0 radical (unpaired) electrons. The lowest BCUT2D eigenvalue weighted by molar-refractivity contribution is 0.242. The molecule has 6 heteroatoms. The lowest BCUT2D eigenvalue weighted by Crippen LogP contribution is -2.24. The first kappa shape index (κ1) is 15.8. The molecule has 0 aliphatic rings. The van der Waals surface area contributed by atoms with Crippen molar-refractivity contribution in [2.75, 3.05) is 7.05 Å². The molecule has 5 nitrogen and oxygen atoms in total. The Hall–Kier alpha value is -1.59. The van der Waals surface area contributed by atoms with Crippen LogP contribution in [0.2, 0.25) is 5.02 Å². The molecule has 21 heavy (non-hydrogen) atoms. The second-order valence-electron chi connectivity index (χ2n) is 5.22. The maximum absolute atomic E-state index is 6.06. The van der Waals surface area contributed by atoms with E-state index in [1.807, 2.05) is 27.0 Å². The summed E-state index contributed by atoms with van der Waals surface area (Å²) in [6.45, 7) is 5.99. The molecule has 1 heterocycles. The fraction of sp³-hybridized carbons (Fsp3) is 0.467. The first-order chi connectivity index (χ1) is 9.99. The monoisotopic (exact) mass is 309 g/mol. The largest absolute Gasteiger partial charge is 0.490 e. The number of nitrogens with one attached hydrogen (secondary N) is 1. The Balaban J connectivity index is 2.30. The van der Waals surface area contributed by atoms with Gasteiger partial charge in [0.15, 0.2) is 5.82 Å². The van der Waals surface area contributed by atoms with Crippen LogP contribution in [0.5, 0.6) is 5.75 Å². The summed E-state index contributed by atoms with van der Waals surface area (Å²) in [5, 5.41) is 7.75. The Morgan fingerprint density at radius 2 is 2.10 bits per heavy atom. The molecule has 0 aliphatic heterocycles. The van der Waals surface area contributed by atoms with Gasteiger partial charge in [-0.25, -0.2) is 0 Å². The number of benzene rings is 1. The summed E-state index contributed by atoms with van der Waals surface area (Å²) in [6.07, 6.45) is 0.748. The Labute approximate surface area is 129 Å². The van der Waals surface area contributed by atoms with Gasteiger partial charge < -0.3 is 14.6 Å². The molecule has 0 saturated carbocycles. The average molecular weight is 310 g/mol. The molecule has 114 valence electrons. The molecular weight excluding hydrogens is 290 g/mol. The molecular formula is C15H20ClN3O2. The number of hydrogen-bond donors (Lipinski definition) is 1. The molecule has 0 aliphatic carbocycles. The van der Waals surface area contributed by atoms with Crippen LogP contribution in [0.3, 0.4) is 0 Å². The van der Waals surface area contributed by atoms with E-state index in [0.717, 1.165) is 0 Å². The van der Waals surface area contributed by atoms with E-state index in [9.17, 15) is 0 Å². The zero-order valence-corrected chi connectivity index (χ0v) is 13.4. The van der Waals surface area contributed by atoms with Crippen LogP contribution in [-0.4, -0.2) is 29.3 Å². The fourth-order valence-corrected chi connectivity index (χ4v) is 2.02. The average Bonchev–Trinajstić information content (AvgIpc) is 2.88. The van der Waals surface area contributed by atoms with Crippen molar-refractivity contribution in [1.82, 2.24) is 15.5 Å². The van der Waals surface area contributed by atoms with Gasteiger partial charge in [-0.05, 0) is 46.0 Å². The summed E-state index contributed by atoms with van der Waals surface area (Å²) in [5.74, 6) is 1.76. The molecule has 2 rings (SSSR count). The van der Waals surface area contributed by atoms with Crippen molar-refractivity contribution in [2.24, 2.45) is 0 Å². The number of hydrogen-bond acceptors (Lipinski definition) is 5. The Bertz CT molecular complexity index is 598. The van der Waals surface area contributed by atoms with Gasteiger partial charge in [0.2, 0.25) is 0 Å². The highest BCUT2D eigenvalue weighted by Gasteiger charge is 2.16. The van der Waals surface area contributed by atoms with Crippen LogP contribution in [-0.2, 0) is 6.42 Å². The van der Waals surface area contributed by atoms with Gasteiger partial charge in [0.25, 0.3) is 5.89 Å². The van der Waals surface area contributed by atoms with Gasteiger partial charge in [-0.3, -0.25) is 0 Å². The summed E-state index contributed by atoms with van der Waals surface area (Å²) < 4.78 is 11.1. The van der Waals surface area contributed by atoms with Gasteiger partial charge in [-0.15, -0.1) is 0 Å². The topological polar surface area (TPSA) is 60.2 Å². The van der Waals surface area contributed by atoms with E-state index >= 15 is 0 Å². The normalized spacial score (nSPS) is 12.7. The Morgan fingerprint density at radius 3 is 2.76 bits per heavy atom. The Kier molecular flexibility index (Phi) is 5.20. The third-order valence-corrected chi connectivity index (χ3v) is 3.22. The summed E-state index contributed by atoms with van der Waals surface area (Å²) >= 11 is 6.06. The number of likely N-dealkylation sites (N-methyl/N-ethyl adjacent to an activating group) is 1. The lowest BCUT2D eigenvalue weighted by Gasteiger charge is -2.12. The smallest absolute Gasteiger partial charge is 0.261 e. The molecule has 1 aromatic carbocycles. The SMILES string of the molecule is CNC(C)Cc1noc(-c2cc(Cl)ccc2OC(C)C)n1. The van der Waals surface area contributed by atoms with E-state index in [4.69, 9.17) is 20.9 Å². The highest BCUT2D eigenvalue weighted by molar-refractivity contribution is 6.30. The van der Waals surface area contributed by atoms with Gasteiger partial charge in [0.1, 0.15) is 5.75 Å². The van der Waals surface area contributed by atoms with E-state index in [-0.39, 0.29) is 12.1 Å². The second kappa shape index (κ2) is 6.91. The number of rotatable bonds is 6. The quantitative estimate of drug-likeness (QED) is 0.887. The Morgan fingerprint density at radius 1 is 1.33 bits per heavy atom. The van der Waals surface area contributed by atoms with Crippen LogP contribution in [0.25, 0.3) is 11.5 Å². The van der Waals surface area contributed by atoms with Crippen LogP contribution in [0.1, 0.15) is 26.6 Å². The zero-order valence-electron chi connectivity index (χ0n) is 12.7. The minimum Gasteiger partial charge on any atom is -0.490 e. The van der Waals surface area contributed by atoms with E-state index in [1.165, 1.54) is 0 Å². The molecule has 1 unspecified atom stereocenters. The van der Waals surface area contributed by atoms with Crippen molar-refractivity contribution in [2.45, 2.75) is 39.3 Å². The molecule has 2 aromatic rings. The van der Waals surface area contributed by atoms with Crippen molar-refractivity contribution in [3.8, 4) is 17.2 Å². The van der Waals surface area contributed by atoms with Gasteiger partial charge >= 0.3 is 0 Å². The van der Waals surface area contributed by atoms with Gasteiger partial charge in [-0.1, -0.05) is 16.8 Å². The first-order valence-electron chi connectivity index (χ1n) is 6.96. The summed E-state index contributed by atoms with van der Waals surface area (Å²) in [6, 6.07) is 5.65. The lowest BCUT2D eigenvalue weighted by atomic mass is 10.2. The second-order valence-corrected chi connectivity index (χ2v) is 5.65. The van der Waals surface area contributed by atoms with Crippen LogP contribution in [0.4, 0.5) is 0 Å². The van der Waals surface area contributed by atoms with Crippen molar-refractivity contribution < 1.29 is 9.26 Å². The molecule has 1 atom stereocenters. The van der Waals surface area contributed by atoms with Crippen molar-refractivity contribution in [3.05, 3.63) is 29.0 Å². The summed E-state index contributed by atoms with van der Waals surface area (Å²) in [4.78, 5) is 4.42. The molecule has 0 spiro atoms. The first-order valence-corrected chi connectivity index (χ1v) is 7.33. The minimum atomic E-state index is 0.0524. The predicted molar refractivity (Wildman–Crippen MR) is 82.7 cm³/mol. The summed E-state index contributed by atoms with van der Waals surface area (Å²) in [7, 11) is 1.90. The maximum Gasteiger partial charge on any atom is 0.261 e. The van der Waals surface area contributed by atoms with Crippen molar-refractivity contribution in [1.29, 1.82) is 0 Å². The highest BCUT2D eigenvalue weighted by atomic mass is 35.5. The maximum atomic E-state index is 6.06. The fourth-order valence-electron chi connectivity index (χ4n) is 1.85. The van der Waals surface area contributed by atoms with Crippen LogP contribution in [0, 0.1) is 0 Å². The highest BCUT2D eigenvalue weighted by Crippen LogP contribution is 2.32. The van der Waals surface area contributed by atoms with E-state index in [0.29, 0.717) is 34.5 Å². The molecule has 0 saturated heterocycles. The molecule has 0 bridgehead atoms. The third kappa shape index (κ3) is 4.19. The zero-order chi connectivity index (χ0) is 15.4. The van der Waals surface area contributed by atoms with Gasteiger partial charge in [-0.2, -0.15) is 4.98 Å². The van der Waals surface area contributed by atoms with Crippen molar-refractivity contribution in [3.63, 3.8) is 0 Å². The minimum absolute atomic E-state index is 0.0524. The van der Waals surface area contributed by atoms with Crippen LogP contribution in [0.15, 0.2) is 22.7 Å². The van der Waals surface area contributed by atoms with Crippen molar-refractivity contribution >= 4 is 11.6 Å². The van der Waals surface area contributed by atoms with E-state index in [1.54, 1.807) is 12.1 Å². The third-order valence-electron chi connectivity index (χ3n) is 2.98. The van der Waals surface area contributed by atoms with E-state index in [2.05, 4.69) is 22.4 Å².